The normalized spacial score (nSPS) is 17.7. The summed E-state index contributed by atoms with van der Waals surface area (Å²) in [6.45, 7) is 5.90. The number of hydrogen-bond donors (Lipinski definition) is 6. The first kappa shape index (κ1) is 38.5. The third-order valence-electron chi connectivity index (χ3n) is 9.76. The number of carbonyl (C=O) groups is 5. The molecule has 8 N–H and O–H groups in total. The zero-order valence-corrected chi connectivity index (χ0v) is 29.5. The van der Waals surface area contributed by atoms with Crippen molar-refractivity contribution in [2.45, 2.75) is 95.3 Å². The van der Waals surface area contributed by atoms with Gasteiger partial charge in [0, 0.05) is 32.0 Å². The van der Waals surface area contributed by atoms with Crippen LogP contribution in [-0.2, 0) is 32.0 Å². The Morgan fingerprint density at radius 3 is 2.02 bits per heavy atom. The number of nitrogens with two attached hydrogens (primary N) is 2. The number of likely N-dealkylation sites (tertiary alicyclic amines) is 1. The van der Waals surface area contributed by atoms with Gasteiger partial charge in [-0.05, 0) is 75.0 Å². The first-order valence-corrected chi connectivity index (χ1v) is 18.0. The first-order valence-electron chi connectivity index (χ1n) is 18.0. The van der Waals surface area contributed by atoms with Crippen molar-refractivity contribution in [3.8, 4) is 0 Å². The summed E-state index contributed by atoms with van der Waals surface area (Å²) in [6.07, 6.45) is 3.94. The number of benzene rings is 2. The number of carbonyl (C=O) groups excluding carboxylic acids is 5. The molecule has 0 bridgehead atoms. The predicted molar refractivity (Wildman–Crippen MR) is 193 cm³/mol. The Labute approximate surface area is 295 Å². The molecule has 2 heterocycles. The van der Waals surface area contributed by atoms with Crippen LogP contribution >= 0.6 is 0 Å². The number of Topliss-reactive ketones (excluding diaryl/α,β-unsaturated/α-hetero) is 1. The van der Waals surface area contributed by atoms with Gasteiger partial charge < -0.3 is 37.6 Å². The summed E-state index contributed by atoms with van der Waals surface area (Å²) < 4.78 is 0. The Hall–Kier alpha value is -4.29. The van der Waals surface area contributed by atoms with E-state index in [0.29, 0.717) is 71.1 Å². The van der Waals surface area contributed by atoms with E-state index >= 15 is 0 Å². The van der Waals surface area contributed by atoms with Crippen LogP contribution in [0, 0.1) is 11.8 Å². The largest absolute Gasteiger partial charge is 0.345 e. The first-order chi connectivity index (χ1) is 24.0. The summed E-state index contributed by atoms with van der Waals surface area (Å²) in [5, 5.41) is 11.7. The third kappa shape index (κ3) is 11.4. The molecule has 2 aliphatic rings. The highest BCUT2D eigenvalue weighted by atomic mass is 16.2. The summed E-state index contributed by atoms with van der Waals surface area (Å²) in [6, 6.07) is 16.2. The monoisotopic (exact) mass is 689 g/mol. The minimum atomic E-state index is -0.887. The van der Waals surface area contributed by atoms with E-state index in [2.05, 4.69) is 21.3 Å². The third-order valence-corrected chi connectivity index (χ3v) is 9.76. The summed E-state index contributed by atoms with van der Waals surface area (Å²) >= 11 is 0. The number of nitrogens with one attached hydrogen (secondary N) is 4. The minimum absolute atomic E-state index is 0.0971. The average Bonchev–Trinajstić information content (AvgIpc) is 3.46. The molecule has 2 aliphatic heterocycles. The van der Waals surface area contributed by atoms with Gasteiger partial charge in [-0.1, -0.05) is 74.5 Å². The summed E-state index contributed by atoms with van der Waals surface area (Å²) in [5.74, 6) is -1.84. The molecule has 4 rings (SSSR count). The number of piperidine rings is 1. The van der Waals surface area contributed by atoms with E-state index in [-0.39, 0.29) is 47.9 Å². The van der Waals surface area contributed by atoms with E-state index in [9.17, 15) is 24.0 Å². The van der Waals surface area contributed by atoms with E-state index < -0.39 is 30.0 Å². The van der Waals surface area contributed by atoms with Crippen molar-refractivity contribution in [2.75, 3.05) is 26.2 Å². The minimum Gasteiger partial charge on any atom is -0.345 e. The maximum atomic E-state index is 14.0. The fourth-order valence-electron chi connectivity index (χ4n) is 6.87. The van der Waals surface area contributed by atoms with Crippen LogP contribution in [0.15, 0.2) is 60.7 Å². The standard InChI is InChI=1S/C38H55N7O5/c1-26(2)21-29(34(47)42-31(15-9-10-18-39)36(49)45-19-16-38(17-20-45)25-41-37(50)44-38)24-33(46)32(23-28-13-7-4-8-14-28)43-35(48)30(40)22-27-11-5-3-6-12-27/h3-8,11-14,26,29-32H,9-10,15-25,39-40H2,1-2H3,(H,42,47)(H,43,48)(H2,41,44,50)/t29-,30+,31+,32+/m0/s1. The molecule has 272 valence electrons. The number of urea groups is 1. The van der Waals surface area contributed by atoms with E-state index in [1.54, 1.807) is 4.90 Å². The molecule has 5 amide bonds. The van der Waals surface area contributed by atoms with Gasteiger partial charge in [0.2, 0.25) is 17.7 Å². The second-order valence-corrected chi connectivity index (χ2v) is 14.3. The maximum Gasteiger partial charge on any atom is 0.315 e. The molecule has 0 aliphatic carbocycles. The fraction of sp³-hybridized carbons (Fsp3) is 0.553. The molecule has 0 unspecified atom stereocenters. The molecule has 0 saturated carbocycles. The molecule has 0 radical (unpaired) electrons. The van der Waals surface area contributed by atoms with Gasteiger partial charge in [0.05, 0.1) is 17.6 Å². The number of rotatable bonds is 18. The molecule has 0 aromatic heterocycles. The molecule has 1 spiro atoms. The van der Waals surface area contributed by atoms with Crippen LogP contribution in [0.1, 0.15) is 69.9 Å². The van der Waals surface area contributed by atoms with Crippen LogP contribution in [0.25, 0.3) is 0 Å². The molecular weight excluding hydrogens is 634 g/mol. The number of nitrogens with zero attached hydrogens (tertiary/aromatic N) is 1. The lowest BCUT2D eigenvalue weighted by Gasteiger charge is -2.39. The van der Waals surface area contributed by atoms with Gasteiger partial charge in [-0.3, -0.25) is 19.2 Å². The maximum absolute atomic E-state index is 14.0. The lowest BCUT2D eigenvalue weighted by atomic mass is 9.87. The summed E-state index contributed by atoms with van der Waals surface area (Å²) in [5.41, 5.74) is 13.5. The van der Waals surface area contributed by atoms with E-state index in [1.165, 1.54) is 0 Å². The Morgan fingerprint density at radius 1 is 0.860 bits per heavy atom. The summed E-state index contributed by atoms with van der Waals surface area (Å²) in [4.78, 5) is 68.7. The van der Waals surface area contributed by atoms with Crippen LogP contribution in [0.2, 0.25) is 0 Å². The SMILES string of the molecule is CC(C)C[C@@H](CC(=O)[C@@H](Cc1ccccc1)NC(=O)[C@H](N)Cc1ccccc1)C(=O)N[C@H](CCCCN)C(=O)N1CCC2(CC1)CNC(=O)N2. The molecular formula is C38H55N7O5. The molecule has 2 saturated heterocycles. The number of hydrogen-bond acceptors (Lipinski definition) is 7. The zero-order chi connectivity index (χ0) is 36.1. The van der Waals surface area contributed by atoms with Crippen molar-refractivity contribution >= 4 is 29.5 Å². The van der Waals surface area contributed by atoms with Gasteiger partial charge in [0.1, 0.15) is 6.04 Å². The van der Waals surface area contributed by atoms with Gasteiger partial charge >= 0.3 is 6.03 Å². The van der Waals surface area contributed by atoms with Crippen LogP contribution in [0.4, 0.5) is 4.79 Å². The topological polar surface area (TPSA) is 189 Å². The van der Waals surface area contributed by atoms with E-state index in [4.69, 9.17) is 11.5 Å². The lowest BCUT2D eigenvalue weighted by molar-refractivity contribution is -0.139. The van der Waals surface area contributed by atoms with Gasteiger partial charge in [-0.15, -0.1) is 0 Å². The van der Waals surface area contributed by atoms with Gasteiger partial charge in [0.25, 0.3) is 0 Å². The van der Waals surface area contributed by atoms with Crippen molar-refractivity contribution in [1.82, 2.24) is 26.2 Å². The lowest BCUT2D eigenvalue weighted by Crippen LogP contribution is -2.57. The zero-order valence-electron chi connectivity index (χ0n) is 29.5. The molecule has 4 atom stereocenters. The van der Waals surface area contributed by atoms with Crippen molar-refractivity contribution in [2.24, 2.45) is 23.3 Å². The van der Waals surface area contributed by atoms with Crippen LogP contribution in [0.5, 0.6) is 0 Å². The highest BCUT2D eigenvalue weighted by molar-refractivity contribution is 5.95. The Bertz CT molecular complexity index is 1430. The van der Waals surface area contributed by atoms with Crippen molar-refractivity contribution in [3.05, 3.63) is 71.8 Å². The van der Waals surface area contributed by atoms with Crippen molar-refractivity contribution in [1.29, 1.82) is 0 Å². The molecule has 2 aromatic rings. The summed E-state index contributed by atoms with van der Waals surface area (Å²) in [7, 11) is 0. The number of unbranched alkanes of at least 4 members (excludes halogenated alkanes) is 1. The molecule has 50 heavy (non-hydrogen) atoms. The number of amides is 5. The quantitative estimate of drug-likeness (QED) is 0.129. The van der Waals surface area contributed by atoms with Crippen LogP contribution < -0.4 is 32.7 Å². The Morgan fingerprint density at radius 2 is 1.46 bits per heavy atom. The van der Waals surface area contributed by atoms with E-state index in [0.717, 1.165) is 11.1 Å². The predicted octanol–water partition coefficient (Wildman–Crippen LogP) is 2.19. The number of ketones is 1. The van der Waals surface area contributed by atoms with Gasteiger partial charge in [0.15, 0.2) is 5.78 Å². The average molecular weight is 690 g/mol. The molecule has 2 aromatic carbocycles. The smallest absolute Gasteiger partial charge is 0.315 e. The van der Waals surface area contributed by atoms with Gasteiger partial charge in [-0.2, -0.15) is 0 Å². The van der Waals surface area contributed by atoms with Crippen molar-refractivity contribution < 1.29 is 24.0 Å². The van der Waals surface area contributed by atoms with E-state index in [1.807, 2.05) is 74.5 Å². The highest BCUT2D eigenvalue weighted by Gasteiger charge is 2.42. The molecule has 12 nitrogen and oxygen atoms in total. The van der Waals surface area contributed by atoms with Crippen LogP contribution in [0.3, 0.4) is 0 Å². The Balaban J connectivity index is 1.46. The van der Waals surface area contributed by atoms with Crippen LogP contribution in [-0.4, -0.2) is 84.3 Å². The van der Waals surface area contributed by atoms with Crippen molar-refractivity contribution in [3.63, 3.8) is 0 Å². The fourth-order valence-corrected chi connectivity index (χ4v) is 6.87. The van der Waals surface area contributed by atoms with Gasteiger partial charge in [-0.25, -0.2) is 4.79 Å². The Kier molecular flexibility index (Phi) is 14.4. The highest BCUT2D eigenvalue weighted by Crippen LogP contribution is 2.26. The molecule has 2 fully saturated rings. The second kappa shape index (κ2) is 18.6. The molecule has 12 heteroatoms. The second-order valence-electron chi connectivity index (χ2n) is 14.3.